The highest BCUT2D eigenvalue weighted by Gasteiger charge is 2.38. The number of benzene rings is 1. The number of hydrazone groups is 1. The smallest absolute Gasteiger partial charge is 0.534 e. The minimum absolute atomic E-state index is 0.0328. The van der Waals surface area contributed by atoms with Crippen molar-refractivity contribution in [2.24, 2.45) is 15.8 Å². The fourth-order valence-electron chi connectivity index (χ4n) is 2.94. The minimum Gasteiger partial charge on any atom is -0.534 e. The van der Waals surface area contributed by atoms with Crippen molar-refractivity contribution in [2.45, 2.75) is 18.8 Å². The van der Waals surface area contributed by atoms with Crippen LogP contribution in [0.5, 0.6) is 5.75 Å². The molecule has 0 spiro atoms. The number of hydrogen-bond donors (Lipinski definition) is 6. The van der Waals surface area contributed by atoms with Crippen molar-refractivity contribution in [1.82, 2.24) is 21.4 Å². The molecule has 13 heteroatoms. The number of aliphatic imine (C=N–C) groups is 1. The van der Waals surface area contributed by atoms with Crippen LogP contribution >= 0.6 is 0 Å². The van der Waals surface area contributed by atoms with E-state index in [0.717, 1.165) is 0 Å². The number of nitrogens with zero attached hydrogens (tertiary/aromatic N) is 3. The summed E-state index contributed by atoms with van der Waals surface area (Å²) in [6.45, 7) is 0.872. The number of carboxylic acids is 1. The minimum atomic E-state index is -1.37. The van der Waals surface area contributed by atoms with E-state index in [4.69, 9.17) is 10.4 Å². The molecule has 1 atom stereocenters. The third-order valence-corrected chi connectivity index (χ3v) is 4.25. The molecule has 0 saturated carbocycles. The largest absolute Gasteiger partial charge is 0.547 e. The van der Waals surface area contributed by atoms with Gasteiger partial charge in [-0.15, -0.1) is 10.6 Å². The van der Waals surface area contributed by atoms with Gasteiger partial charge in [-0.25, -0.2) is 10.3 Å². The van der Waals surface area contributed by atoms with Gasteiger partial charge in [-0.1, -0.05) is 12.1 Å². The van der Waals surface area contributed by atoms with Crippen LogP contribution in [0.15, 0.2) is 28.3 Å². The van der Waals surface area contributed by atoms with E-state index in [-0.39, 0.29) is 30.1 Å². The Kier molecular flexibility index (Phi) is 5.96. The number of carbonyl (C=O) groups is 2. The van der Waals surface area contributed by atoms with Crippen LogP contribution in [0, 0.1) is 0 Å². The third-order valence-electron chi connectivity index (χ3n) is 4.25. The van der Waals surface area contributed by atoms with Crippen molar-refractivity contribution >= 4 is 31.2 Å². The van der Waals surface area contributed by atoms with Crippen LogP contribution in [-0.2, 0) is 11.2 Å². The SMILES string of the molecule is NC=NCCN1NNN=C1CC(=O)N[C@H]1Cc2cccc(C(=O)O)c2OB1O. The highest BCUT2D eigenvalue weighted by Crippen LogP contribution is 2.30. The summed E-state index contributed by atoms with van der Waals surface area (Å²) in [7, 11) is -1.37. The van der Waals surface area contributed by atoms with Crippen LogP contribution in [0.4, 0.5) is 0 Å². The Morgan fingerprint density at radius 2 is 2.36 bits per heavy atom. The predicted octanol–water partition coefficient (Wildman–Crippen LogP) is -2.16. The fourth-order valence-corrected chi connectivity index (χ4v) is 2.94. The van der Waals surface area contributed by atoms with Gasteiger partial charge in [0.2, 0.25) is 5.91 Å². The van der Waals surface area contributed by atoms with Gasteiger partial charge in [-0.3, -0.25) is 14.8 Å². The van der Waals surface area contributed by atoms with E-state index >= 15 is 0 Å². The summed E-state index contributed by atoms with van der Waals surface area (Å²) in [5.41, 5.74) is 11.1. The van der Waals surface area contributed by atoms with Gasteiger partial charge in [-0.2, -0.15) is 0 Å². The average molecular weight is 389 g/mol. The molecular formula is C15H20BN7O5. The maximum Gasteiger partial charge on any atom is 0.547 e. The molecule has 0 saturated heterocycles. The molecule has 148 valence electrons. The number of carbonyl (C=O) groups excluding carboxylic acids is 1. The van der Waals surface area contributed by atoms with Gasteiger partial charge in [0.25, 0.3) is 0 Å². The molecule has 2 aliphatic rings. The summed E-state index contributed by atoms with van der Waals surface area (Å²) in [6.07, 6.45) is 1.39. The second-order valence-electron chi connectivity index (χ2n) is 6.12. The number of aromatic carboxylic acids is 1. The van der Waals surface area contributed by atoms with Gasteiger partial charge in [0.05, 0.1) is 37.4 Å². The first kappa shape index (κ1) is 19.4. The van der Waals surface area contributed by atoms with E-state index < -0.39 is 19.0 Å². The lowest BCUT2D eigenvalue weighted by Crippen LogP contribution is -2.54. The first-order valence-corrected chi connectivity index (χ1v) is 8.53. The Labute approximate surface area is 160 Å². The highest BCUT2D eigenvalue weighted by molar-refractivity contribution is 6.47. The van der Waals surface area contributed by atoms with E-state index in [1.165, 1.54) is 12.4 Å². The molecule has 1 aromatic carbocycles. The van der Waals surface area contributed by atoms with Crippen LogP contribution in [0.2, 0.25) is 0 Å². The average Bonchev–Trinajstić information content (AvgIpc) is 3.09. The predicted molar refractivity (Wildman–Crippen MR) is 100 cm³/mol. The molecule has 0 radical (unpaired) electrons. The molecule has 0 bridgehead atoms. The van der Waals surface area contributed by atoms with E-state index in [9.17, 15) is 19.7 Å². The van der Waals surface area contributed by atoms with Gasteiger partial charge < -0.3 is 25.8 Å². The zero-order chi connectivity index (χ0) is 20.1. The van der Waals surface area contributed by atoms with Crippen molar-refractivity contribution in [2.75, 3.05) is 13.1 Å². The standard InChI is InChI=1S/C15H20BN7O5/c17-8-18-4-5-23-12(20-21-22-23)7-13(24)19-11-6-9-2-1-3-10(15(25)26)14(9)28-16(11)27/h1-3,8,11,21-22,27H,4-7H2,(H2,17,18)(H,19,24)(H,25,26)/t11-/m0/s1. The van der Waals surface area contributed by atoms with Crippen molar-refractivity contribution in [3.63, 3.8) is 0 Å². The molecule has 3 rings (SSSR count). The molecule has 0 fully saturated rings. The van der Waals surface area contributed by atoms with Gasteiger partial charge in [0.15, 0.2) is 5.84 Å². The maximum atomic E-state index is 12.4. The quantitative estimate of drug-likeness (QED) is 0.172. The molecule has 12 nitrogen and oxygen atoms in total. The molecule has 2 aliphatic heterocycles. The Morgan fingerprint density at radius 1 is 1.54 bits per heavy atom. The lowest BCUT2D eigenvalue weighted by Gasteiger charge is -2.29. The number of hydrogen-bond acceptors (Lipinski definition) is 9. The van der Waals surface area contributed by atoms with Gasteiger partial charge in [-0.05, 0) is 18.1 Å². The number of hydrazine groups is 2. The Hall–Kier alpha value is -3.32. The number of amides is 1. The number of nitrogens with one attached hydrogen (secondary N) is 3. The summed E-state index contributed by atoms with van der Waals surface area (Å²) in [6, 6.07) is 4.68. The molecule has 28 heavy (non-hydrogen) atoms. The molecule has 1 amide bonds. The van der Waals surface area contributed by atoms with Gasteiger partial charge in [0, 0.05) is 0 Å². The first-order chi connectivity index (χ1) is 13.5. The molecule has 0 aromatic heterocycles. The molecule has 2 heterocycles. The second-order valence-corrected chi connectivity index (χ2v) is 6.12. The van der Waals surface area contributed by atoms with E-state index in [2.05, 4.69) is 26.5 Å². The summed E-state index contributed by atoms with van der Waals surface area (Å²) in [5, 5.41) is 27.7. The number of nitrogens with two attached hydrogens (primary N) is 1. The fraction of sp³-hybridized carbons (Fsp3) is 0.333. The molecule has 1 aromatic rings. The summed E-state index contributed by atoms with van der Waals surface area (Å²) in [4.78, 5) is 27.6. The Morgan fingerprint density at radius 3 is 3.11 bits per heavy atom. The maximum absolute atomic E-state index is 12.4. The Balaban J connectivity index is 1.60. The zero-order valence-corrected chi connectivity index (χ0v) is 14.8. The number of amidine groups is 1. The van der Waals surface area contributed by atoms with E-state index in [1.54, 1.807) is 17.1 Å². The summed E-state index contributed by atoms with van der Waals surface area (Å²) in [5.74, 6) is -1.67. The summed E-state index contributed by atoms with van der Waals surface area (Å²) < 4.78 is 5.36. The third kappa shape index (κ3) is 4.32. The number of rotatable bonds is 7. The van der Waals surface area contributed by atoms with E-state index in [1.807, 2.05) is 0 Å². The van der Waals surface area contributed by atoms with Gasteiger partial charge in [0.1, 0.15) is 5.75 Å². The lowest BCUT2D eigenvalue weighted by atomic mass is 9.72. The lowest BCUT2D eigenvalue weighted by molar-refractivity contribution is -0.120. The number of para-hydroxylation sites is 1. The number of carboxylic acid groups (broad SMARTS) is 1. The van der Waals surface area contributed by atoms with Crippen LogP contribution in [0.1, 0.15) is 22.3 Å². The van der Waals surface area contributed by atoms with E-state index in [0.29, 0.717) is 24.5 Å². The molecule has 0 unspecified atom stereocenters. The topological polar surface area (TPSA) is 174 Å². The van der Waals surface area contributed by atoms with Crippen LogP contribution in [0.25, 0.3) is 0 Å². The van der Waals surface area contributed by atoms with Crippen LogP contribution < -0.4 is 26.8 Å². The van der Waals surface area contributed by atoms with Crippen molar-refractivity contribution in [3.8, 4) is 5.75 Å². The normalized spacial score (nSPS) is 18.3. The summed E-state index contributed by atoms with van der Waals surface area (Å²) >= 11 is 0. The molecule has 7 N–H and O–H groups in total. The van der Waals surface area contributed by atoms with Crippen LogP contribution in [-0.4, -0.2) is 65.3 Å². The second kappa shape index (κ2) is 8.58. The van der Waals surface area contributed by atoms with Crippen molar-refractivity contribution < 1.29 is 24.4 Å². The molecule has 0 aliphatic carbocycles. The molecular weight excluding hydrogens is 369 g/mol. The monoisotopic (exact) mass is 389 g/mol. The Bertz CT molecular complexity index is 818. The number of fused-ring (bicyclic) bond motifs is 1. The van der Waals surface area contributed by atoms with Gasteiger partial charge >= 0.3 is 13.1 Å². The first-order valence-electron chi connectivity index (χ1n) is 8.53. The zero-order valence-electron chi connectivity index (χ0n) is 14.8. The van der Waals surface area contributed by atoms with Crippen LogP contribution in [0.3, 0.4) is 0 Å². The highest BCUT2D eigenvalue weighted by atomic mass is 16.5. The van der Waals surface area contributed by atoms with Crippen molar-refractivity contribution in [3.05, 3.63) is 29.3 Å². The van der Waals surface area contributed by atoms with Crippen molar-refractivity contribution in [1.29, 1.82) is 0 Å².